The highest BCUT2D eigenvalue weighted by molar-refractivity contribution is 7.80. The lowest BCUT2D eigenvalue weighted by Crippen LogP contribution is -2.42. The van der Waals surface area contributed by atoms with Gasteiger partial charge in [0.15, 0.2) is 5.11 Å². The Morgan fingerprint density at radius 3 is 2.39 bits per heavy atom. The Labute approximate surface area is 202 Å². The van der Waals surface area contributed by atoms with Crippen LogP contribution < -0.4 is 15.4 Å². The largest absolute Gasteiger partial charge is 0.493 e. The normalized spacial score (nSPS) is 10.9. The standard InChI is InChI=1S/C26H34N2O4S/c1-6-15-32-23(29)20-10-12-21(13-11-20)27-25(33)28-24(30)26(4,5)14-7-16-31-22-17-18(2)8-9-19(22)3/h8-13,17H,6-7,14-16H2,1-5H3,(H2,27,28,30,33). The van der Waals surface area contributed by atoms with Crippen LogP contribution in [0.2, 0.25) is 0 Å². The molecule has 0 bridgehead atoms. The molecule has 0 saturated carbocycles. The lowest BCUT2D eigenvalue weighted by molar-refractivity contribution is -0.128. The highest BCUT2D eigenvalue weighted by atomic mass is 32.1. The monoisotopic (exact) mass is 470 g/mol. The number of hydrogen-bond donors (Lipinski definition) is 2. The maximum Gasteiger partial charge on any atom is 0.338 e. The molecule has 0 atom stereocenters. The van der Waals surface area contributed by atoms with Crippen LogP contribution in [-0.2, 0) is 9.53 Å². The summed E-state index contributed by atoms with van der Waals surface area (Å²) >= 11 is 5.29. The molecule has 0 heterocycles. The van der Waals surface area contributed by atoms with E-state index in [1.165, 1.54) is 0 Å². The van der Waals surface area contributed by atoms with E-state index in [1.807, 2.05) is 46.8 Å². The zero-order valence-corrected chi connectivity index (χ0v) is 20.9. The molecule has 0 unspecified atom stereocenters. The van der Waals surface area contributed by atoms with Gasteiger partial charge in [0.2, 0.25) is 5.91 Å². The third-order valence-corrected chi connectivity index (χ3v) is 5.41. The molecule has 6 nitrogen and oxygen atoms in total. The summed E-state index contributed by atoms with van der Waals surface area (Å²) in [5, 5.41) is 5.94. The molecule has 2 rings (SSSR count). The molecule has 2 N–H and O–H groups in total. The van der Waals surface area contributed by atoms with Crippen molar-refractivity contribution < 1.29 is 19.1 Å². The van der Waals surface area contributed by atoms with Crippen LogP contribution in [0.1, 0.15) is 61.5 Å². The molecular formula is C26H34N2O4S. The number of anilines is 1. The van der Waals surface area contributed by atoms with Gasteiger partial charge >= 0.3 is 5.97 Å². The highest BCUT2D eigenvalue weighted by Crippen LogP contribution is 2.24. The molecule has 0 aromatic heterocycles. The number of nitrogens with one attached hydrogen (secondary N) is 2. The van der Waals surface area contributed by atoms with Crippen molar-refractivity contribution in [3.05, 3.63) is 59.2 Å². The van der Waals surface area contributed by atoms with E-state index in [4.69, 9.17) is 21.7 Å². The Morgan fingerprint density at radius 2 is 1.73 bits per heavy atom. The van der Waals surface area contributed by atoms with Crippen molar-refractivity contribution in [2.45, 2.75) is 53.9 Å². The third-order valence-electron chi connectivity index (χ3n) is 5.20. The number of benzene rings is 2. The summed E-state index contributed by atoms with van der Waals surface area (Å²) in [6, 6.07) is 12.9. The molecule has 0 aliphatic rings. The van der Waals surface area contributed by atoms with Gasteiger partial charge in [-0.25, -0.2) is 4.79 Å². The van der Waals surface area contributed by atoms with Crippen LogP contribution in [0.3, 0.4) is 0 Å². The number of amides is 1. The number of rotatable bonds is 10. The maximum absolute atomic E-state index is 12.7. The van der Waals surface area contributed by atoms with Crippen molar-refractivity contribution in [3.8, 4) is 5.75 Å². The number of carbonyl (C=O) groups is 2. The van der Waals surface area contributed by atoms with Gasteiger partial charge < -0.3 is 20.1 Å². The summed E-state index contributed by atoms with van der Waals surface area (Å²) in [5.74, 6) is 0.362. The van der Waals surface area contributed by atoms with Crippen LogP contribution in [0, 0.1) is 19.3 Å². The first kappa shape index (κ1) is 26.3. The van der Waals surface area contributed by atoms with Crippen LogP contribution in [0.25, 0.3) is 0 Å². The molecule has 0 radical (unpaired) electrons. The van der Waals surface area contributed by atoms with Gasteiger partial charge in [0.25, 0.3) is 0 Å². The molecule has 0 aliphatic heterocycles. The highest BCUT2D eigenvalue weighted by Gasteiger charge is 2.28. The summed E-state index contributed by atoms with van der Waals surface area (Å²) in [4.78, 5) is 24.6. The van der Waals surface area contributed by atoms with Crippen LogP contribution in [0.4, 0.5) is 5.69 Å². The summed E-state index contributed by atoms with van der Waals surface area (Å²) in [7, 11) is 0. The Balaban J connectivity index is 1.79. The molecule has 0 aliphatic carbocycles. The van der Waals surface area contributed by atoms with Gasteiger partial charge in [-0.1, -0.05) is 32.9 Å². The minimum absolute atomic E-state index is 0.161. The molecule has 178 valence electrons. The Hall–Kier alpha value is -2.93. The van der Waals surface area contributed by atoms with E-state index in [0.29, 0.717) is 30.9 Å². The van der Waals surface area contributed by atoms with E-state index >= 15 is 0 Å². The average Bonchev–Trinajstić information content (AvgIpc) is 2.77. The average molecular weight is 471 g/mol. The molecule has 0 saturated heterocycles. The first-order chi connectivity index (χ1) is 15.6. The summed E-state index contributed by atoms with van der Waals surface area (Å²) in [6.07, 6.45) is 2.17. The molecule has 0 fully saturated rings. The minimum atomic E-state index is -0.607. The summed E-state index contributed by atoms with van der Waals surface area (Å²) in [5.41, 5.74) is 2.78. The number of esters is 1. The van der Waals surface area contributed by atoms with Crippen LogP contribution in [0.15, 0.2) is 42.5 Å². The van der Waals surface area contributed by atoms with Gasteiger partial charge in [-0.2, -0.15) is 0 Å². The van der Waals surface area contributed by atoms with Crippen molar-refractivity contribution >= 4 is 34.9 Å². The van der Waals surface area contributed by atoms with Gasteiger partial charge in [0.05, 0.1) is 18.8 Å². The Kier molecular flexibility index (Phi) is 9.85. The zero-order chi connectivity index (χ0) is 24.4. The minimum Gasteiger partial charge on any atom is -0.493 e. The summed E-state index contributed by atoms with van der Waals surface area (Å²) < 4.78 is 11.0. The molecule has 1 amide bonds. The number of thiocarbonyl (C=S) groups is 1. The second kappa shape index (κ2) is 12.3. The first-order valence-corrected chi connectivity index (χ1v) is 11.6. The molecule has 7 heteroatoms. The van der Waals surface area contributed by atoms with Crippen molar-refractivity contribution in [1.82, 2.24) is 5.32 Å². The van der Waals surface area contributed by atoms with E-state index in [9.17, 15) is 9.59 Å². The number of carbonyl (C=O) groups excluding carboxylic acids is 2. The summed E-state index contributed by atoms with van der Waals surface area (Å²) in [6.45, 7) is 10.7. The third kappa shape index (κ3) is 8.50. The van der Waals surface area contributed by atoms with Crippen molar-refractivity contribution in [1.29, 1.82) is 0 Å². The number of ether oxygens (including phenoxy) is 2. The van der Waals surface area contributed by atoms with Crippen molar-refractivity contribution in [3.63, 3.8) is 0 Å². The molecule has 2 aromatic rings. The van der Waals surface area contributed by atoms with Gasteiger partial charge in [0, 0.05) is 11.1 Å². The van der Waals surface area contributed by atoms with Crippen LogP contribution >= 0.6 is 12.2 Å². The number of aryl methyl sites for hydroxylation is 2. The van der Waals surface area contributed by atoms with Crippen molar-refractivity contribution in [2.24, 2.45) is 5.41 Å². The second-order valence-corrected chi connectivity index (χ2v) is 9.13. The van der Waals surface area contributed by atoms with E-state index in [2.05, 4.69) is 16.7 Å². The smallest absolute Gasteiger partial charge is 0.338 e. The Bertz CT molecular complexity index is 971. The predicted molar refractivity (Wildman–Crippen MR) is 136 cm³/mol. The molecule has 33 heavy (non-hydrogen) atoms. The quantitative estimate of drug-likeness (QED) is 0.269. The molecular weight excluding hydrogens is 436 g/mol. The van der Waals surface area contributed by atoms with E-state index in [0.717, 1.165) is 29.7 Å². The predicted octanol–water partition coefficient (Wildman–Crippen LogP) is 5.57. The topological polar surface area (TPSA) is 76.7 Å². The second-order valence-electron chi connectivity index (χ2n) is 8.73. The van der Waals surface area contributed by atoms with Gasteiger partial charge in [-0.05, 0) is 86.8 Å². The van der Waals surface area contributed by atoms with Gasteiger partial charge in [-0.3, -0.25) is 4.79 Å². The maximum atomic E-state index is 12.7. The number of hydrogen-bond acceptors (Lipinski definition) is 5. The fraction of sp³-hybridized carbons (Fsp3) is 0.423. The zero-order valence-electron chi connectivity index (χ0n) is 20.1. The van der Waals surface area contributed by atoms with Crippen LogP contribution in [0.5, 0.6) is 5.75 Å². The van der Waals surface area contributed by atoms with E-state index in [1.54, 1.807) is 24.3 Å². The van der Waals surface area contributed by atoms with Crippen molar-refractivity contribution in [2.75, 3.05) is 18.5 Å². The Morgan fingerprint density at radius 1 is 1.03 bits per heavy atom. The van der Waals surface area contributed by atoms with Gasteiger partial charge in [0.1, 0.15) is 5.75 Å². The first-order valence-electron chi connectivity index (χ1n) is 11.2. The molecule has 0 spiro atoms. The molecule has 2 aromatic carbocycles. The lowest BCUT2D eigenvalue weighted by atomic mass is 9.87. The SMILES string of the molecule is CCCOC(=O)c1ccc(NC(=S)NC(=O)C(C)(C)CCCOc2cc(C)ccc2C)cc1. The fourth-order valence-electron chi connectivity index (χ4n) is 3.07. The van der Waals surface area contributed by atoms with E-state index in [-0.39, 0.29) is 17.0 Å². The lowest BCUT2D eigenvalue weighted by Gasteiger charge is -2.24. The van der Waals surface area contributed by atoms with E-state index < -0.39 is 5.41 Å². The van der Waals surface area contributed by atoms with Crippen LogP contribution in [-0.4, -0.2) is 30.2 Å². The van der Waals surface area contributed by atoms with Gasteiger partial charge in [-0.15, -0.1) is 0 Å². The fourth-order valence-corrected chi connectivity index (χ4v) is 3.29.